The van der Waals surface area contributed by atoms with E-state index in [1.165, 1.54) is 29.5 Å². The van der Waals surface area contributed by atoms with E-state index in [4.69, 9.17) is 0 Å². The Balaban J connectivity index is 1.75. The molecule has 10 heteroatoms. The van der Waals surface area contributed by atoms with Gasteiger partial charge in [0.15, 0.2) is 0 Å². The van der Waals surface area contributed by atoms with Crippen molar-refractivity contribution in [1.82, 2.24) is 9.88 Å². The van der Waals surface area contributed by atoms with E-state index >= 15 is 0 Å². The van der Waals surface area contributed by atoms with Gasteiger partial charge in [0.25, 0.3) is 11.5 Å². The van der Waals surface area contributed by atoms with Crippen LogP contribution in [0.2, 0.25) is 0 Å². The molecule has 162 valence electrons. The fourth-order valence-electron chi connectivity index (χ4n) is 2.92. The zero-order valence-corrected chi connectivity index (χ0v) is 17.1. The fraction of sp³-hybridized carbons (Fsp3) is 0.190. The Labute approximate surface area is 179 Å². The van der Waals surface area contributed by atoms with E-state index in [1.807, 2.05) is 17.5 Å². The van der Waals surface area contributed by atoms with Crippen molar-refractivity contribution in [2.24, 2.45) is 0 Å². The van der Waals surface area contributed by atoms with Crippen LogP contribution in [0.15, 0.2) is 58.7 Å². The van der Waals surface area contributed by atoms with Gasteiger partial charge in [-0.25, -0.2) is 0 Å². The zero-order valence-electron chi connectivity index (χ0n) is 16.3. The van der Waals surface area contributed by atoms with Crippen LogP contribution in [0.3, 0.4) is 0 Å². The van der Waals surface area contributed by atoms with Crippen LogP contribution in [-0.4, -0.2) is 34.8 Å². The van der Waals surface area contributed by atoms with E-state index in [0.29, 0.717) is 5.69 Å². The number of carbonyl (C=O) groups excluding carboxylic acids is 2. The summed E-state index contributed by atoms with van der Waals surface area (Å²) in [6.45, 7) is 1.18. The Kier molecular flexibility index (Phi) is 6.59. The molecule has 6 nitrogen and oxygen atoms in total. The minimum absolute atomic E-state index is 0.0826. The van der Waals surface area contributed by atoms with Crippen molar-refractivity contribution in [3.05, 3.63) is 75.4 Å². The minimum Gasteiger partial charge on any atom is -0.329 e. The first kappa shape index (κ1) is 22.3. The van der Waals surface area contributed by atoms with E-state index in [-0.39, 0.29) is 12.1 Å². The molecule has 3 rings (SSSR count). The predicted octanol–water partition coefficient (Wildman–Crippen LogP) is 4.22. The second-order valence-corrected chi connectivity index (χ2v) is 7.45. The van der Waals surface area contributed by atoms with Crippen LogP contribution >= 0.6 is 11.3 Å². The molecule has 0 aliphatic carbocycles. The Morgan fingerprint density at radius 2 is 1.84 bits per heavy atom. The van der Waals surface area contributed by atoms with E-state index in [1.54, 1.807) is 13.0 Å². The van der Waals surface area contributed by atoms with Crippen LogP contribution in [0, 0.1) is 0 Å². The standard InChI is InChI=1S/C21H18F3N3O3S/c1-2-27(12-18(28)25-15-7-4-3-6-14(15)21(22,23)24)20(30)13-9-10-16(26-19(13)29)17-8-5-11-31-17/h3-11H,2,12H2,1H3,(H,25,28)(H,26,29). The number of thiophene rings is 1. The van der Waals surface area contributed by atoms with Crippen molar-refractivity contribution in [3.63, 3.8) is 0 Å². The second-order valence-electron chi connectivity index (χ2n) is 6.50. The summed E-state index contributed by atoms with van der Waals surface area (Å²) in [6.07, 6.45) is -4.64. The van der Waals surface area contributed by atoms with Gasteiger partial charge >= 0.3 is 6.18 Å². The maximum atomic E-state index is 13.1. The third kappa shape index (κ3) is 5.21. The average molecular weight is 449 g/mol. The van der Waals surface area contributed by atoms with E-state index in [0.717, 1.165) is 21.9 Å². The number of H-pyrrole nitrogens is 1. The number of para-hydroxylation sites is 1. The molecule has 0 bridgehead atoms. The van der Waals surface area contributed by atoms with Crippen LogP contribution in [0.4, 0.5) is 18.9 Å². The molecule has 0 aliphatic heterocycles. The largest absolute Gasteiger partial charge is 0.418 e. The summed E-state index contributed by atoms with van der Waals surface area (Å²) in [4.78, 5) is 42.0. The first-order valence-electron chi connectivity index (χ1n) is 9.23. The maximum Gasteiger partial charge on any atom is 0.418 e. The summed E-state index contributed by atoms with van der Waals surface area (Å²) < 4.78 is 39.3. The second kappa shape index (κ2) is 9.17. The van der Waals surface area contributed by atoms with Gasteiger partial charge in [0.2, 0.25) is 5.91 Å². The molecule has 2 aromatic heterocycles. The van der Waals surface area contributed by atoms with Gasteiger partial charge in [0, 0.05) is 6.54 Å². The van der Waals surface area contributed by atoms with Gasteiger partial charge in [-0.15, -0.1) is 11.3 Å². The maximum absolute atomic E-state index is 13.1. The van der Waals surface area contributed by atoms with Crippen molar-refractivity contribution >= 4 is 28.8 Å². The molecule has 0 aliphatic rings. The Morgan fingerprint density at radius 1 is 1.10 bits per heavy atom. The molecule has 0 saturated carbocycles. The number of nitrogens with one attached hydrogen (secondary N) is 2. The van der Waals surface area contributed by atoms with Crippen LogP contribution in [-0.2, 0) is 11.0 Å². The monoisotopic (exact) mass is 449 g/mol. The Bertz CT molecular complexity index is 1140. The molecule has 1 aromatic carbocycles. The lowest BCUT2D eigenvalue weighted by molar-refractivity contribution is -0.137. The van der Waals surface area contributed by atoms with Crippen molar-refractivity contribution in [3.8, 4) is 10.6 Å². The van der Waals surface area contributed by atoms with E-state index in [2.05, 4.69) is 10.3 Å². The van der Waals surface area contributed by atoms with Crippen molar-refractivity contribution < 1.29 is 22.8 Å². The summed E-state index contributed by atoms with van der Waals surface area (Å²) in [5, 5.41) is 4.04. The van der Waals surface area contributed by atoms with Crippen LogP contribution in [0.5, 0.6) is 0 Å². The van der Waals surface area contributed by atoms with Gasteiger partial charge in [0.05, 0.1) is 21.8 Å². The van der Waals surface area contributed by atoms with Gasteiger partial charge in [-0.2, -0.15) is 13.2 Å². The van der Waals surface area contributed by atoms with E-state index in [9.17, 15) is 27.6 Å². The zero-order chi connectivity index (χ0) is 22.6. The number of rotatable bonds is 6. The normalized spacial score (nSPS) is 11.2. The number of likely N-dealkylation sites (N-methyl/N-ethyl adjacent to an activating group) is 1. The van der Waals surface area contributed by atoms with Crippen molar-refractivity contribution in [2.75, 3.05) is 18.4 Å². The number of aromatic nitrogens is 1. The number of amides is 2. The first-order valence-corrected chi connectivity index (χ1v) is 10.1. The minimum atomic E-state index is -4.64. The van der Waals surface area contributed by atoms with Crippen molar-refractivity contribution in [1.29, 1.82) is 0 Å². The number of carbonyl (C=O) groups is 2. The molecule has 2 N–H and O–H groups in total. The number of alkyl halides is 3. The molecular formula is C21H18F3N3O3S. The van der Waals surface area contributed by atoms with Crippen LogP contribution in [0.25, 0.3) is 10.6 Å². The van der Waals surface area contributed by atoms with Gasteiger partial charge in [-0.3, -0.25) is 14.4 Å². The molecule has 0 fully saturated rings. The number of nitrogens with zero attached hydrogens (tertiary/aromatic N) is 1. The lowest BCUT2D eigenvalue weighted by Gasteiger charge is -2.21. The third-order valence-electron chi connectivity index (χ3n) is 4.44. The summed E-state index contributed by atoms with van der Waals surface area (Å²) in [7, 11) is 0. The summed E-state index contributed by atoms with van der Waals surface area (Å²) in [5.74, 6) is -1.50. The molecule has 2 heterocycles. The highest BCUT2D eigenvalue weighted by Gasteiger charge is 2.33. The fourth-order valence-corrected chi connectivity index (χ4v) is 3.62. The smallest absolute Gasteiger partial charge is 0.329 e. The molecule has 31 heavy (non-hydrogen) atoms. The van der Waals surface area contributed by atoms with Gasteiger partial charge in [0.1, 0.15) is 12.1 Å². The van der Waals surface area contributed by atoms with Crippen LogP contribution in [0.1, 0.15) is 22.8 Å². The summed E-state index contributed by atoms with van der Waals surface area (Å²) in [6, 6.07) is 11.2. The number of halogens is 3. The highest BCUT2D eigenvalue weighted by Crippen LogP contribution is 2.34. The molecule has 2 amide bonds. The summed E-state index contributed by atoms with van der Waals surface area (Å²) in [5.41, 5.74) is -1.61. The van der Waals surface area contributed by atoms with Crippen LogP contribution < -0.4 is 10.9 Å². The molecular weight excluding hydrogens is 431 g/mol. The number of hydrogen-bond acceptors (Lipinski definition) is 4. The SMILES string of the molecule is CCN(CC(=O)Nc1ccccc1C(F)(F)F)C(=O)c1ccc(-c2cccs2)[nH]c1=O. The Morgan fingerprint density at radius 3 is 2.45 bits per heavy atom. The predicted molar refractivity (Wildman–Crippen MR) is 112 cm³/mol. The summed E-state index contributed by atoms with van der Waals surface area (Å²) >= 11 is 1.42. The highest BCUT2D eigenvalue weighted by atomic mass is 32.1. The molecule has 0 unspecified atom stereocenters. The number of benzene rings is 1. The molecule has 0 radical (unpaired) electrons. The first-order chi connectivity index (χ1) is 14.7. The Hall–Kier alpha value is -3.40. The quantitative estimate of drug-likeness (QED) is 0.591. The third-order valence-corrected chi connectivity index (χ3v) is 5.34. The van der Waals surface area contributed by atoms with Crippen molar-refractivity contribution in [2.45, 2.75) is 13.1 Å². The average Bonchev–Trinajstić information content (AvgIpc) is 3.26. The highest BCUT2D eigenvalue weighted by molar-refractivity contribution is 7.13. The van der Waals surface area contributed by atoms with Gasteiger partial charge in [-0.05, 0) is 42.6 Å². The number of hydrogen-bond donors (Lipinski definition) is 2. The molecule has 0 atom stereocenters. The number of anilines is 1. The van der Waals surface area contributed by atoms with Gasteiger partial charge < -0.3 is 15.2 Å². The molecule has 3 aromatic rings. The number of aromatic amines is 1. The van der Waals surface area contributed by atoms with E-state index < -0.39 is 41.3 Å². The molecule has 0 saturated heterocycles. The topological polar surface area (TPSA) is 82.3 Å². The lowest BCUT2D eigenvalue weighted by Crippen LogP contribution is -2.40. The van der Waals surface area contributed by atoms with Gasteiger partial charge in [-0.1, -0.05) is 18.2 Å². The number of pyridine rings is 1. The molecule has 0 spiro atoms. The lowest BCUT2D eigenvalue weighted by atomic mass is 10.1.